The number of amides is 1. The molecule has 0 aliphatic carbocycles. The van der Waals surface area contributed by atoms with Crippen LogP contribution in [-0.2, 0) is 4.79 Å². The van der Waals surface area contributed by atoms with Crippen molar-refractivity contribution in [2.24, 2.45) is 0 Å². The first kappa shape index (κ1) is 20.0. The summed E-state index contributed by atoms with van der Waals surface area (Å²) in [6.07, 6.45) is 4.35. The largest absolute Gasteiger partial charge is 0.356 e. The zero-order valence-electron chi connectivity index (χ0n) is 12.2. The van der Waals surface area contributed by atoms with Crippen LogP contribution in [0.5, 0.6) is 0 Å². The van der Waals surface area contributed by atoms with Gasteiger partial charge in [0.2, 0.25) is 5.91 Å². The number of pyridine rings is 1. The average molecular weight is 335 g/mol. The number of carbonyl (C=O) groups excluding carboxylic acids is 1. The Morgan fingerprint density at radius 3 is 2.62 bits per heavy atom. The summed E-state index contributed by atoms with van der Waals surface area (Å²) in [6.45, 7) is 2.64. The topological polar surface area (TPSA) is 57.3 Å². The Bertz CT molecular complexity index is 397. The van der Waals surface area contributed by atoms with Crippen molar-refractivity contribution in [3.05, 3.63) is 24.4 Å². The van der Waals surface area contributed by atoms with E-state index in [1.165, 1.54) is 0 Å². The van der Waals surface area contributed by atoms with E-state index in [-0.39, 0.29) is 30.7 Å². The Morgan fingerprint density at radius 1 is 1.33 bits per heavy atom. The number of hydrogen-bond donors (Lipinski definition) is 2. The van der Waals surface area contributed by atoms with Gasteiger partial charge in [0.05, 0.1) is 0 Å². The van der Waals surface area contributed by atoms with Crippen molar-refractivity contribution in [1.82, 2.24) is 15.6 Å². The van der Waals surface area contributed by atoms with Crippen molar-refractivity contribution in [1.29, 1.82) is 0 Å². The zero-order valence-corrected chi connectivity index (χ0v) is 13.9. The van der Waals surface area contributed by atoms with Gasteiger partial charge in [-0.05, 0) is 32.0 Å². The highest BCUT2D eigenvalue weighted by atomic mass is 35.5. The van der Waals surface area contributed by atoms with Crippen LogP contribution in [0, 0.1) is 0 Å². The van der Waals surface area contributed by atoms with E-state index in [4.69, 9.17) is 0 Å². The van der Waals surface area contributed by atoms with Gasteiger partial charge in [0.1, 0.15) is 5.82 Å². The van der Waals surface area contributed by atoms with Crippen LogP contribution in [0.25, 0.3) is 0 Å². The lowest BCUT2D eigenvalue weighted by Crippen LogP contribution is -2.45. The molecule has 1 aliphatic heterocycles. The quantitative estimate of drug-likeness (QED) is 0.859. The van der Waals surface area contributed by atoms with Crippen molar-refractivity contribution in [3.63, 3.8) is 0 Å². The summed E-state index contributed by atoms with van der Waals surface area (Å²) in [5.74, 6) is 1.17. The molecule has 21 heavy (non-hydrogen) atoms. The summed E-state index contributed by atoms with van der Waals surface area (Å²) in [4.78, 5) is 18.3. The Hall–Kier alpha value is -1.04. The summed E-state index contributed by atoms with van der Waals surface area (Å²) in [6, 6.07) is 6.28. The lowest BCUT2D eigenvalue weighted by molar-refractivity contribution is -0.121. The molecule has 5 nitrogen and oxygen atoms in total. The maximum absolute atomic E-state index is 11.6. The highest BCUT2D eigenvalue weighted by Gasteiger charge is 2.20. The van der Waals surface area contributed by atoms with Gasteiger partial charge in [-0.3, -0.25) is 4.79 Å². The summed E-state index contributed by atoms with van der Waals surface area (Å²) in [5, 5.41) is 6.09. The molecule has 0 unspecified atom stereocenters. The molecule has 7 heteroatoms. The third kappa shape index (κ3) is 6.50. The van der Waals surface area contributed by atoms with Gasteiger partial charge in [0.15, 0.2) is 0 Å². The zero-order chi connectivity index (χ0) is 13.5. The smallest absolute Gasteiger partial charge is 0.221 e. The molecule has 0 radical (unpaired) electrons. The van der Waals surface area contributed by atoms with Crippen molar-refractivity contribution >= 4 is 36.5 Å². The molecule has 0 bridgehead atoms. The van der Waals surface area contributed by atoms with Crippen LogP contribution in [-0.4, -0.2) is 43.6 Å². The van der Waals surface area contributed by atoms with Gasteiger partial charge >= 0.3 is 0 Å². The van der Waals surface area contributed by atoms with Gasteiger partial charge in [0.25, 0.3) is 0 Å². The molecule has 0 saturated carbocycles. The second-order valence-corrected chi connectivity index (χ2v) is 4.87. The van der Waals surface area contributed by atoms with Gasteiger partial charge in [-0.1, -0.05) is 6.07 Å². The van der Waals surface area contributed by atoms with E-state index >= 15 is 0 Å². The standard InChI is InChI=1S/C14H22N4O.2ClH/c1-15-9-5-14(19)17-12-6-10-18(11-7-12)13-4-2-3-8-16-13;;/h2-4,8,12,15H,5-7,9-11H2,1H3,(H,17,19);2*1H. The minimum atomic E-state index is 0. The molecule has 1 aromatic rings. The first-order valence-electron chi connectivity index (χ1n) is 6.89. The number of halogens is 2. The minimum Gasteiger partial charge on any atom is -0.356 e. The molecule has 1 aliphatic rings. The summed E-state index contributed by atoms with van der Waals surface area (Å²) in [7, 11) is 1.86. The molecular weight excluding hydrogens is 311 g/mol. The highest BCUT2D eigenvalue weighted by Crippen LogP contribution is 2.17. The molecular formula is C14H24Cl2N4O. The first-order valence-corrected chi connectivity index (χ1v) is 6.89. The van der Waals surface area contributed by atoms with E-state index in [0.29, 0.717) is 12.5 Å². The van der Waals surface area contributed by atoms with Gasteiger partial charge in [-0.25, -0.2) is 4.98 Å². The van der Waals surface area contributed by atoms with Crippen LogP contribution in [0.4, 0.5) is 5.82 Å². The minimum absolute atomic E-state index is 0. The lowest BCUT2D eigenvalue weighted by Gasteiger charge is -2.33. The molecule has 2 heterocycles. The number of carbonyl (C=O) groups is 1. The van der Waals surface area contributed by atoms with E-state index in [9.17, 15) is 4.79 Å². The number of rotatable bonds is 5. The predicted octanol–water partition coefficient (Wildman–Crippen LogP) is 1.62. The monoisotopic (exact) mass is 334 g/mol. The maximum Gasteiger partial charge on any atom is 0.221 e. The van der Waals surface area contributed by atoms with Crippen molar-refractivity contribution < 1.29 is 4.79 Å². The summed E-state index contributed by atoms with van der Waals surface area (Å²) < 4.78 is 0. The molecule has 120 valence electrons. The fourth-order valence-corrected chi connectivity index (χ4v) is 2.33. The van der Waals surface area contributed by atoms with Gasteiger partial charge in [-0.15, -0.1) is 24.8 Å². The van der Waals surface area contributed by atoms with Crippen LogP contribution in [0.2, 0.25) is 0 Å². The third-order valence-corrected chi connectivity index (χ3v) is 3.44. The molecule has 0 atom stereocenters. The van der Waals surface area contributed by atoms with E-state index < -0.39 is 0 Å². The number of hydrogen-bond acceptors (Lipinski definition) is 4. The van der Waals surface area contributed by atoms with E-state index in [0.717, 1.165) is 38.3 Å². The second-order valence-electron chi connectivity index (χ2n) is 4.87. The van der Waals surface area contributed by atoms with Crippen LogP contribution < -0.4 is 15.5 Å². The molecule has 1 aromatic heterocycles. The van der Waals surface area contributed by atoms with Crippen LogP contribution >= 0.6 is 24.8 Å². The van der Waals surface area contributed by atoms with Crippen molar-refractivity contribution in [2.75, 3.05) is 31.6 Å². The lowest BCUT2D eigenvalue weighted by atomic mass is 10.0. The number of anilines is 1. The molecule has 0 spiro atoms. The van der Waals surface area contributed by atoms with Gasteiger partial charge in [-0.2, -0.15) is 0 Å². The Labute approximate surface area is 138 Å². The second kappa shape index (κ2) is 10.7. The van der Waals surface area contributed by atoms with Gasteiger partial charge in [0, 0.05) is 38.3 Å². The molecule has 2 rings (SSSR count). The van der Waals surface area contributed by atoms with Crippen LogP contribution in [0.15, 0.2) is 24.4 Å². The van der Waals surface area contributed by atoms with Crippen LogP contribution in [0.3, 0.4) is 0 Å². The number of nitrogens with zero attached hydrogens (tertiary/aromatic N) is 2. The molecule has 2 N–H and O–H groups in total. The first-order chi connectivity index (χ1) is 9.29. The van der Waals surface area contributed by atoms with E-state index in [1.54, 1.807) is 0 Å². The fraction of sp³-hybridized carbons (Fsp3) is 0.571. The SMILES string of the molecule is CNCCC(=O)NC1CCN(c2ccccn2)CC1.Cl.Cl. The van der Waals surface area contributed by atoms with Crippen molar-refractivity contribution in [2.45, 2.75) is 25.3 Å². The van der Waals surface area contributed by atoms with Crippen molar-refractivity contribution in [3.8, 4) is 0 Å². The number of aromatic nitrogens is 1. The number of nitrogens with one attached hydrogen (secondary N) is 2. The molecule has 1 fully saturated rings. The predicted molar refractivity (Wildman–Crippen MR) is 90.7 cm³/mol. The third-order valence-electron chi connectivity index (χ3n) is 3.44. The highest BCUT2D eigenvalue weighted by molar-refractivity contribution is 5.85. The normalized spacial score (nSPS) is 14.8. The Morgan fingerprint density at radius 2 is 2.05 bits per heavy atom. The van der Waals surface area contributed by atoms with Crippen LogP contribution in [0.1, 0.15) is 19.3 Å². The average Bonchev–Trinajstić information content (AvgIpc) is 2.47. The summed E-state index contributed by atoms with van der Waals surface area (Å²) in [5.41, 5.74) is 0. The fourth-order valence-electron chi connectivity index (χ4n) is 2.33. The molecule has 0 aromatic carbocycles. The number of piperidine rings is 1. The summed E-state index contributed by atoms with van der Waals surface area (Å²) >= 11 is 0. The Kier molecular flexibility index (Phi) is 10.1. The molecule has 1 saturated heterocycles. The molecule has 1 amide bonds. The van der Waals surface area contributed by atoms with E-state index in [1.807, 2.05) is 31.4 Å². The maximum atomic E-state index is 11.6. The van der Waals surface area contributed by atoms with Gasteiger partial charge < -0.3 is 15.5 Å². The van der Waals surface area contributed by atoms with E-state index in [2.05, 4.69) is 20.5 Å². The Balaban J connectivity index is 0.00000200.